The Bertz CT molecular complexity index is 673. The van der Waals surface area contributed by atoms with E-state index in [0.717, 1.165) is 0 Å². The number of hydrogen-bond acceptors (Lipinski definition) is 5. The van der Waals surface area contributed by atoms with Gasteiger partial charge >= 0.3 is 0 Å². The molecule has 0 saturated carbocycles. The molecule has 0 fully saturated rings. The van der Waals surface area contributed by atoms with E-state index in [2.05, 4.69) is 15.2 Å². The highest BCUT2D eigenvalue weighted by atomic mass is 16.6. The van der Waals surface area contributed by atoms with Crippen LogP contribution in [0.2, 0.25) is 0 Å². The summed E-state index contributed by atoms with van der Waals surface area (Å²) < 4.78 is 4.97. The third kappa shape index (κ3) is 2.70. The molecule has 0 amide bonds. The fourth-order valence-corrected chi connectivity index (χ4v) is 1.59. The van der Waals surface area contributed by atoms with E-state index in [1.54, 1.807) is 25.1 Å². The van der Waals surface area contributed by atoms with Gasteiger partial charge < -0.3 is 4.52 Å². The highest BCUT2D eigenvalue weighted by Gasteiger charge is 2.14. The molecule has 0 aliphatic carbocycles. The lowest BCUT2D eigenvalue weighted by molar-refractivity contribution is -0.385. The molecule has 1 heterocycles. The Morgan fingerprint density at radius 2 is 2.32 bits per heavy atom. The van der Waals surface area contributed by atoms with Crippen LogP contribution in [-0.4, -0.2) is 10.1 Å². The summed E-state index contributed by atoms with van der Waals surface area (Å²) in [6.45, 7) is 1.72. The van der Waals surface area contributed by atoms with E-state index in [-0.39, 0.29) is 12.2 Å². The average Bonchev–Trinajstić information content (AvgIpc) is 2.85. The predicted octanol–water partition coefficient (Wildman–Crippen LogP) is 3.37. The minimum Gasteiger partial charge on any atom is -0.361 e. The summed E-state index contributed by atoms with van der Waals surface area (Å²) in [6.07, 6.45) is 0. The maximum atomic E-state index is 10.9. The lowest BCUT2D eigenvalue weighted by Crippen LogP contribution is -1.92. The molecule has 0 atom stereocenters. The number of hydrogen-bond donors (Lipinski definition) is 0. The minimum absolute atomic E-state index is 0.0251. The van der Waals surface area contributed by atoms with Gasteiger partial charge in [0, 0.05) is 28.2 Å². The fraction of sp³-hybridized carbons (Fsp3) is 0.182. The molecule has 1 aromatic heterocycles. The van der Waals surface area contributed by atoms with Crippen molar-refractivity contribution in [2.75, 3.05) is 0 Å². The van der Waals surface area contributed by atoms with Crippen molar-refractivity contribution >= 4 is 5.69 Å². The Morgan fingerprint density at radius 1 is 1.53 bits per heavy atom. The van der Waals surface area contributed by atoms with Crippen molar-refractivity contribution < 1.29 is 9.45 Å². The Morgan fingerprint density at radius 3 is 3.00 bits per heavy atom. The van der Waals surface area contributed by atoms with E-state index >= 15 is 0 Å². The normalized spacial score (nSPS) is 9.95. The first-order chi connectivity index (χ1) is 9.11. The van der Waals surface area contributed by atoms with E-state index in [4.69, 9.17) is 10.1 Å². The summed E-state index contributed by atoms with van der Waals surface area (Å²) in [7, 11) is 0. The van der Waals surface area contributed by atoms with Gasteiger partial charge in [-0.2, -0.15) is 0 Å². The summed E-state index contributed by atoms with van der Waals surface area (Å²) in [6, 6.07) is 6.39. The monoisotopic (exact) mass is 259 g/mol. The molecular weight excluding hydrogens is 250 g/mol. The van der Waals surface area contributed by atoms with Crippen LogP contribution in [0.25, 0.3) is 21.7 Å². The van der Waals surface area contributed by atoms with Crippen LogP contribution in [0, 0.1) is 17.0 Å². The number of aromatic nitrogens is 1. The molecule has 19 heavy (non-hydrogen) atoms. The lowest BCUT2D eigenvalue weighted by atomic mass is 10.1. The molecule has 0 unspecified atom stereocenters. The summed E-state index contributed by atoms with van der Waals surface area (Å²) >= 11 is 0. The second-order valence-corrected chi connectivity index (χ2v) is 3.83. The van der Waals surface area contributed by atoms with Crippen LogP contribution < -0.4 is 0 Å². The van der Waals surface area contributed by atoms with E-state index in [1.165, 1.54) is 6.07 Å². The Hall–Kier alpha value is -2.86. The van der Waals surface area contributed by atoms with Gasteiger partial charge in [0.1, 0.15) is 11.5 Å². The van der Waals surface area contributed by atoms with Crippen molar-refractivity contribution in [2.45, 2.75) is 13.5 Å². The van der Waals surface area contributed by atoms with Crippen LogP contribution in [0.1, 0.15) is 11.3 Å². The number of nitro benzene ring substituents is 1. The molecule has 0 aliphatic heterocycles. The molecule has 0 N–H and O–H groups in total. The van der Waals surface area contributed by atoms with Gasteiger partial charge in [0.25, 0.3) is 5.69 Å². The second-order valence-electron chi connectivity index (χ2n) is 3.83. The molecule has 0 radical (unpaired) electrons. The largest absolute Gasteiger partial charge is 0.361 e. The molecule has 0 saturated heterocycles. The van der Waals surface area contributed by atoms with Crippen molar-refractivity contribution in [3.63, 3.8) is 0 Å². The first-order valence-corrected chi connectivity index (χ1v) is 5.33. The molecule has 2 aromatic rings. The average molecular weight is 259 g/mol. The molecule has 96 valence electrons. The zero-order chi connectivity index (χ0) is 13.8. The van der Waals surface area contributed by atoms with Gasteiger partial charge in [-0.3, -0.25) is 10.1 Å². The quantitative estimate of drug-likeness (QED) is 0.275. The van der Waals surface area contributed by atoms with Crippen LogP contribution in [0.5, 0.6) is 0 Å². The van der Waals surface area contributed by atoms with Gasteiger partial charge in [0.05, 0.1) is 11.5 Å². The topological polar surface area (TPSA) is 118 Å². The summed E-state index contributed by atoms with van der Waals surface area (Å²) in [5.74, 6) is 0.399. The third-order valence-corrected chi connectivity index (χ3v) is 2.55. The SMILES string of the molecule is Cc1ccc(-c2cc(CN=[N+]=[N-])on2)cc1[N+](=O)[O-]. The number of rotatable bonds is 4. The van der Waals surface area contributed by atoms with E-state index in [9.17, 15) is 10.1 Å². The first kappa shape index (κ1) is 12.6. The third-order valence-electron chi connectivity index (χ3n) is 2.55. The van der Waals surface area contributed by atoms with Crippen LogP contribution in [0.3, 0.4) is 0 Å². The van der Waals surface area contributed by atoms with Crippen molar-refractivity contribution in [3.05, 3.63) is 56.1 Å². The maximum absolute atomic E-state index is 10.9. The van der Waals surface area contributed by atoms with Crippen molar-refractivity contribution in [2.24, 2.45) is 5.11 Å². The van der Waals surface area contributed by atoms with E-state index in [0.29, 0.717) is 22.6 Å². The van der Waals surface area contributed by atoms with Gasteiger partial charge in [-0.15, -0.1) is 0 Å². The number of nitrogens with zero attached hydrogens (tertiary/aromatic N) is 5. The smallest absolute Gasteiger partial charge is 0.272 e. The first-order valence-electron chi connectivity index (χ1n) is 5.33. The number of azide groups is 1. The molecule has 0 aliphatic rings. The summed E-state index contributed by atoms with van der Waals surface area (Å²) in [5, 5.41) is 18.0. The van der Waals surface area contributed by atoms with Gasteiger partial charge in [0.2, 0.25) is 0 Å². The van der Waals surface area contributed by atoms with Gasteiger partial charge in [-0.25, -0.2) is 0 Å². The molecule has 0 bridgehead atoms. The van der Waals surface area contributed by atoms with Gasteiger partial charge in [0.15, 0.2) is 0 Å². The van der Waals surface area contributed by atoms with Crippen LogP contribution in [0.15, 0.2) is 33.9 Å². The van der Waals surface area contributed by atoms with Crippen molar-refractivity contribution in [3.8, 4) is 11.3 Å². The van der Waals surface area contributed by atoms with E-state index < -0.39 is 4.92 Å². The summed E-state index contributed by atoms with van der Waals surface area (Å²) in [4.78, 5) is 13.0. The Kier molecular flexibility index (Phi) is 3.44. The fourth-order valence-electron chi connectivity index (χ4n) is 1.59. The molecule has 8 nitrogen and oxygen atoms in total. The molecule has 2 rings (SSSR count). The van der Waals surface area contributed by atoms with Crippen LogP contribution >= 0.6 is 0 Å². The minimum atomic E-state index is -0.445. The Balaban J connectivity index is 2.36. The zero-order valence-corrected chi connectivity index (χ0v) is 9.98. The predicted molar refractivity (Wildman–Crippen MR) is 66.2 cm³/mol. The van der Waals surface area contributed by atoms with Gasteiger partial charge in [-0.1, -0.05) is 22.4 Å². The van der Waals surface area contributed by atoms with Crippen LogP contribution in [0.4, 0.5) is 5.69 Å². The molecular formula is C11H9N5O3. The number of nitro groups is 1. The standard InChI is InChI=1S/C11H9N5O3/c1-7-2-3-8(4-11(7)16(17)18)10-5-9(19-14-10)6-13-15-12/h2-5H,6H2,1H3. The second kappa shape index (κ2) is 5.19. The number of aryl methyl sites for hydroxylation is 1. The van der Waals surface area contributed by atoms with Crippen LogP contribution in [-0.2, 0) is 6.54 Å². The van der Waals surface area contributed by atoms with Gasteiger partial charge in [-0.05, 0) is 12.5 Å². The molecule has 1 aromatic carbocycles. The molecule has 0 spiro atoms. The van der Waals surface area contributed by atoms with Crippen molar-refractivity contribution in [1.82, 2.24) is 5.16 Å². The summed E-state index contributed by atoms with van der Waals surface area (Å²) in [5.41, 5.74) is 9.84. The lowest BCUT2D eigenvalue weighted by Gasteiger charge is -1.99. The Labute approximate surface area is 107 Å². The highest BCUT2D eigenvalue weighted by molar-refractivity contribution is 5.64. The maximum Gasteiger partial charge on any atom is 0.272 e. The van der Waals surface area contributed by atoms with E-state index in [1.807, 2.05) is 0 Å². The highest BCUT2D eigenvalue weighted by Crippen LogP contribution is 2.26. The number of benzene rings is 1. The zero-order valence-electron chi connectivity index (χ0n) is 9.98. The molecule has 8 heteroatoms. The van der Waals surface area contributed by atoms with Crippen molar-refractivity contribution in [1.29, 1.82) is 0 Å².